The maximum Gasteiger partial charge on any atom is 0.328 e. The van der Waals surface area contributed by atoms with Crippen LogP contribution in [-0.4, -0.2) is 50.7 Å². The van der Waals surface area contributed by atoms with E-state index in [-0.39, 0.29) is 12.0 Å². The number of carbonyl (C=O) groups is 1. The molecule has 1 unspecified atom stereocenters. The van der Waals surface area contributed by atoms with E-state index in [9.17, 15) is 4.79 Å². The monoisotopic (exact) mass is 159 g/mol. The Morgan fingerprint density at radius 1 is 1.73 bits per heavy atom. The Hall–Kier alpha value is -0.610. The number of ether oxygens (including phenoxy) is 1. The fourth-order valence-corrected chi connectivity index (χ4v) is 1.32. The van der Waals surface area contributed by atoms with Crippen molar-refractivity contribution >= 4 is 5.97 Å². The van der Waals surface area contributed by atoms with E-state index >= 15 is 0 Å². The number of rotatable bonds is 1. The van der Waals surface area contributed by atoms with E-state index in [1.165, 1.54) is 7.11 Å². The highest BCUT2D eigenvalue weighted by atomic mass is 16.5. The second-order valence-corrected chi connectivity index (χ2v) is 2.83. The Balaban J connectivity index is 2.47. The van der Waals surface area contributed by atoms with Crippen molar-refractivity contribution in [1.29, 1.82) is 0 Å². The number of hydrogen-bond acceptors (Lipinski definition) is 3. The molecule has 4 heteroatoms. The van der Waals surface area contributed by atoms with Crippen LogP contribution in [0.5, 0.6) is 0 Å². The van der Waals surface area contributed by atoms with Gasteiger partial charge in [0, 0.05) is 6.54 Å². The van der Waals surface area contributed by atoms with Crippen LogP contribution >= 0.6 is 0 Å². The molecule has 0 radical (unpaired) electrons. The fraction of sp³-hybridized carbons (Fsp3) is 0.857. The number of nitrogens with two attached hydrogens (primary N) is 1. The van der Waals surface area contributed by atoms with Crippen LogP contribution < -0.4 is 5.32 Å². The number of nitrogens with zero attached hydrogens (tertiary/aromatic N) is 1. The summed E-state index contributed by atoms with van der Waals surface area (Å²) in [5.74, 6) is -0.122. The molecule has 1 saturated heterocycles. The van der Waals surface area contributed by atoms with Crippen LogP contribution in [0.4, 0.5) is 0 Å². The van der Waals surface area contributed by atoms with Gasteiger partial charge in [0.25, 0.3) is 0 Å². The number of esters is 1. The van der Waals surface area contributed by atoms with E-state index in [1.807, 2.05) is 11.9 Å². The minimum atomic E-state index is -0.122. The average Bonchev–Trinajstić information content (AvgIpc) is 2.04. The zero-order valence-corrected chi connectivity index (χ0v) is 7.04. The molecule has 0 aromatic heterocycles. The van der Waals surface area contributed by atoms with Crippen LogP contribution in [-0.2, 0) is 9.53 Å². The van der Waals surface area contributed by atoms with Gasteiger partial charge in [-0.3, -0.25) is 9.69 Å². The van der Waals surface area contributed by atoms with Gasteiger partial charge in [0.15, 0.2) is 6.04 Å². The third-order valence-corrected chi connectivity index (χ3v) is 2.08. The number of hydrogen-bond donors (Lipinski definition) is 1. The first-order chi connectivity index (χ1) is 5.25. The lowest BCUT2D eigenvalue weighted by atomic mass is 10.2. The third-order valence-electron chi connectivity index (χ3n) is 2.08. The van der Waals surface area contributed by atoms with Gasteiger partial charge in [0.2, 0.25) is 0 Å². The highest BCUT2D eigenvalue weighted by molar-refractivity contribution is 5.75. The Kier molecular flexibility index (Phi) is 2.84. The number of methoxy groups -OCH3 is 1. The molecule has 1 atom stereocenters. The standard InChI is InChI=1S/C7H14N2O2/c1-9-4-3-8-5-6(9)7(10)11-2/h6,8H,3-5H2,1-2H3/p+1. The molecule has 1 aliphatic heterocycles. The summed E-state index contributed by atoms with van der Waals surface area (Å²) in [5, 5.41) is 2.14. The lowest BCUT2D eigenvalue weighted by molar-refractivity contribution is -0.666. The molecule has 1 aliphatic rings. The first-order valence-electron chi connectivity index (χ1n) is 3.85. The molecule has 0 aliphatic carbocycles. The smallest absolute Gasteiger partial charge is 0.328 e. The molecule has 0 saturated carbocycles. The van der Waals surface area contributed by atoms with Crippen LogP contribution in [0.2, 0.25) is 0 Å². The largest absolute Gasteiger partial charge is 0.468 e. The fourth-order valence-electron chi connectivity index (χ4n) is 1.32. The molecule has 11 heavy (non-hydrogen) atoms. The number of quaternary nitrogens is 1. The topological polar surface area (TPSA) is 46.1 Å². The van der Waals surface area contributed by atoms with Crippen molar-refractivity contribution in [3.63, 3.8) is 0 Å². The minimum Gasteiger partial charge on any atom is -0.468 e. The molecule has 0 bridgehead atoms. The maximum absolute atomic E-state index is 11.1. The van der Waals surface area contributed by atoms with Crippen molar-refractivity contribution in [3.8, 4) is 0 Å². The molecular formula is C7H15N2O2+. The van der Waals surface area contributed by atoms with E-state index in [1.54, 1.807) is 0 Å². The van der Waals surface area contributed by atoms with Crippen molar-refractivity contribution in [3.05, 3.63) is 0 Å². The lowest BCUT2D eigenvalue weighted by Gasteiger charge is -2.28. The van der Waals surface area contributed by atoms with Gasteiger partial charge < -0.3 is 10.1 Å². The highest BCUT2D eigenvalue weighted by Gasteiger charge is 2.28. The van der Waals surface area contributed by atoms with Crippen molar-refractivity contribution < 1.29 is 14.8 Å². The van der Waals surface area contributed by atoms with Gasteiger partial charge in [-0.1, -0.05) is 0 Å². The van der Waals surface area contributed by atoms with Gasteiger partial charge in [0.1, 0.15) is 6.54 Å². The SMILES string of the molecule is COC(=O)C1C[NH2+]CCN1C. The summed E-state index contributed by atoms with van der Waals surface area (Å²) in [6.07, 6.45) is 0. The molecule has 64 valence electrons. The first-order valence-corrected chi connectivity index (χ1v) is 3.85. The average molecular weight is 159 g/mol. The molecule has 0 amide bonds. The van der Waals surface area contributed by atoms with Gasteiger partial charge in [-0.2, -0.15) is 0 Å². The van der Waals surface area contributed by atoms with E-state index < -0.39 is 0 Å². The summed E-state index contributed by atoms with van der Waals surface area (Å²) < 4.78 is 4.66. The van der Waals surface area contributed by atoms with E-state index in [0.29, 0.717) is 0 Å². The van der Waals surface area contributed by atoms with Gasteiger partial charge in [-0.05, 0) is 7.05 Å². The number of piperazine rings is 1. The summed E-state index contributed by atoms with van der Waals surface area (Å²) in [7, 11) is 3.39. The Morgan fingerprint density at radius 2 is 2.45 bits per heavy atom. The van der Waals surface area contributed by atoms with Crippen molar-refractivity contribution in [2.24, 2.45) is 0 Å². The molecular weight excluding hydrogens is 144 g/mol. The summed E-state index contributed by atoms with van der Waals surface area (Å²) >= 11 is 0. The van der Waals surface area contributed by atoms with Crippen molar-refractivity contribution in [1.82, 2.24) is 4.90 Å². The molecule has 1 heterocycles. The Morgan fingerprint density at radius 3 is 3.00 bits per heavy atom. The lowest BCUT2D eigenvalue weighted by Crippen LogP contribution is -2.92. The number of likely N-dealkylation sites (N-methyl/N-ethyl adjacent to an activating group) is 1. The highest BCUT2D eigenvalue weighted by Crippen LogP contribution is 1.97. The maximum atomic E-state index is 11.1. The molecule has 4 nitrogen and oxygen atoms in total. The van der Waals surface area contributed by atoms with E-state index in [0.717, 1.165) is 19.6 Å². The third kappa shape index (κ3) is 1.91. The van der Waals surface area contributed by atoms with Gasteiger partial charge >= 0.3 is 5.97 Å². The number of carbonyl (C=O) groups excluding carboxylic acids is 1. The van der Waals surface area contributed by atoms with Gasteiger partial charge in [0.05, 0.1) is 13.7 Å². The van der Waals surface area contributed by atoms with Gasteiger partial charge in [-0.15, -0.1) is 0 Å². The Bertz CT molecular complexity index is 149. The van der Waals surface area contributed by atoms with Crippen LogP contribution in [0, 0.1) is 0 Å². The van der Waals surface area contributed by atoms with E-state index in [4.69, 9.17) is 0 Å². The summed E-state index contributed by atoms with van der Waals surface area (Å²) in [6, 6.07) is -0.0475. The van der Waals surface area contributed by atoms with Crippen LogP contribution in [0.25, 0.3) is 0 Å². The quantitative estimate of drug-likeness (QED) is 0.452. The van der Waals surface area contributed by atoms with Crippen LogP contribution in [0.3, 0.4) is 0 Å². The summed E-state index contributed by atoms with van der Waals surface area (Å²) in [4.78, 5) is 13.1. The summed E-state index contributed by atoms with van der Waals surface area (Å²) in [5.41, 5.74) is 0. The predicted molar refractivity (Wildman–Crippen MR) is 40.1 cm³/mol. The van der Waals surface area contributed by atoms with Crippen molar-refractivity contribution in [2.75, 3.05) is 33.8 Å². The summed E-state index contributed by atoms with van der Waals surface area (Å²) in [6.45, 7) is 2.85. The molecule has 2 N–H and O–H groups in total. The molecule has 0 spiro atoms. The predicted octanol–water partition coefficient (Wildman–Crippen LogP) is -1.96. The molecule has 1 rings (SSSR count). The molecule has 1 fully saturated rings. The minimum absolute atomic E-state index is 0.0475. The van der Waals surface area contributed by atoms with E-state index in [2.05, 4.69) is 10.1 Å². The van der Waals surface area contributed by atoms with Crippen molar-refractivity contribution in [2.45, 2.75) is 6.04 Å². The first kappa shape index (κ1) is 8.49. The van der Waals surface area contributed by atoms with Crippen LogP contribution in [0.15, 0.2) is 0 Å². The zero-order chi connectivity index (χ0) is 8.27. The zero-order valence-electron chi connectivity index (χ0n) is 7.04. The molecule has 0 aromatic rings. The van der Waals surface area contributed by atoms with Gasteiger partial charge in [-0.25, -0.2) is 0 Å². The normalized spacial score (nSPS) is 26.5. The second kappa shape index (κ2) is 3.69. The van der Waals surface area contributed by atoms with Crippen LogP contribution in [0.1, 0.15) is 0 Å². The Labute approximate surface area is 66.5 Å². The second-order valence-electron chi connectivity index (χ2n) is 2.83. The molecule has 0 aromatic carbocycles.